The van der Waals surface area contributed by atoms with Gasteiger partial charge in [0.15, 0.2) is 0 Å². The van der Waals surface area contributed by atoms with Crippen molar-refractivity contribution in [1.82, 2.24) is 4.73 Å². The molecule has 118 valence electrons. The summed E-state index contributed by atoms with van der Waals surface area (Å²) in [6.07, 6.45) is 2.12. The van der Waals surface area contributed by atoms with E-state index in [2.05, 4.69) is 5.32 Å². The highest BCUT2D eigenvalue weighted by Gasteiger charge is 2.13. The van der Waals surface area contributed by atoms with Crippen LogP contribution >= 0.6 is 11.6 Å². The van der Waals surface area contributed by atoms with Crippen LogP contribution < -0.4 is 10.2 Å². The third-order valence-electron chi connectivity index (χ3n) is 3.53. The number of nitrogens with zero attached hydrogens (tertiary/aromatic N) is 1. The number of carbonyl (C=O) groups is 1. The molecule has 0 radical (unpaired) electrons. The van der Waals surface area contributed by atoms with Crippen molar-refractivity contribution in [2.75, 3.05) is 11.9 Å². The molecule has 1 heterocycles. The van der Waals surface area contributed by atoms with E-state index in [1.807, 2.05) is 49.5 Å². The van der Waals surface area contributed by atoms with Crippen LogP contribution in [0.25, 0.3) is 10.9 Å². The normalized spacial score (nSPS) is 10.7. The van der Waals surface area contributed by atoms with Gasteiger partial charge in [-0.05, 0) is 30.7 Å². The Balaban J connectivity index is 1.84. The number of hydrogen-bond donors (Lipinski definition) is 1. The molecule has 3 rings (SSSR count). The van der Waals surface area contributed by atoms with Crippen LogP contribution in [0.4, 0.5) is 5.69 Å². The van der Waals surface area contributed by atoms with Gasteiger partial charge in [-0.3, -0.25) is 4.79 Å². The highest BCUT2D eigenvalue weighted by Crippen LogP contribution is 2.23. The smallest absolute Gasteiger partial charge is 0.228 e. The SMILES string of the molecule is CCOn1cc(CC(=O)Nc2ccccc2Cl)c2ccccc21. The van der Waals surface area contributed by atoms with Gasteiger partial charge in [-0.15, -0.1) is 0 Å². The largest absolute Gasteiger partial charge is 0.414 e. The lowest BCUT2D eigenvalue weighted by Crippen LogP contribution is -2.14. The molecule has 2 aromatic carbocycles. The van der Waals surface area contributed by atoms with Gasteiger partial charge in [-0.1, -0.05) is 41.9 Å². The van der Waals surface area contributed by atoms with Gasteiger partial charge in [-0.2, -0.15) is 4.73 Å². The summed E-state index contributed by atoms with van der Waals surface area (Å²) < 4.78 is 1.72. The number of benzene rings is 2. The molecule has 1 aromatic heterocycles. The van der Waals surface area contributed by atoms with Gasteiger partial charge in [0, 0.05) is 11.6 Å². The average Bonchev–Trinajstić information content (AvgIpc) is 2.88. The zero-order chi connectivity index (χ0) is 16.2. The molecule has 0 fully saturated rings. The fraction of sp³-hybridized carbons (Fsp3) is 0.167. The molecular formula is C18H17ClN2O2. The van der Waals surface area contributed by atoms with E-state index in [1.165, 1.54) is 0 Å². The maximum atomic E-state index is 12.3. The van der Waals surface area contributed by atoms with E-state index in [0.717, 1.165) is 16.5 Å². The molecule has 0 unspecified atom stereocenters. The molecule has 0 spiro atoms. The van der Waals surface area contributed by atoms with E-state index < -0.39 is 0 Å². The Hall–Kier alpha value is -2.46. The molecule has 0 atom stereocenters. The first-order valence-corrected chi connectivity index (χ1v) is 7.83. The maximum Gasteiger partial charge on any atom is 0.228 e. The number of rotatable bonds is 5. The van der Waals surface area contributed by atoms with Gasteiger partial charge < -0.3 is 10.2 Å². The summed E-state index contributed by atoms with van der Waals surface area (Å²) in [5, 5.41) is 4.38. The molecule has 0 saturated carbocycles. The van der Waals surface area contributed by atoms with Crippen LogP contribution in [0.3, 0.4) is 0 Å². The van der Waals surface area contributed by atoms with Crippen molar-refractivity contribution >= 4 is 34.1 Å². The Morgan fingerprint density at radius 1 is 1.17 bits per heavy atom. The van der Waals surface area contributed by atoms with Crippen molar-refractivity contribution in [2.24, 2.45) is 0 Å². The van der Waals surface area contributed by atoms with E-state index in [-0.39, 0.29) is 12.3 Å². The van der Waals surface area contributed by atoms with Crippen molar-refractivity contribution in [3.05, 3.63) is 65.3 Å². The fourth-order valence-corrected chi connectivity index (χ4v) is 2.72. The van der Waals surface area contributed by atoms with E-state index in [4.69, 9.17) is 16.4 Å². The minimum Gasteiger partial charge on any atom is -0.414 e. The number of carbonyl (C=O) groups excluding carboxylic acids is 1. The van der Waals surface area contributed by atoms with Crippen LogP contribution in [0, 0.1) is 0 Å². The lowest BCUT2D eigenvalue weighted by molar-refractivity contribution is -0.115. The zero-order valence-corrected chi connectivity index (χ0v) is 13.5. The molecule has 1 N–H and O–H groups in total. The van der Waals surface area contributed by atoms with Gasteiger partial charge in [0.2, 0.25) is 5.91 Å². The second kappa shape index (κ2) is 6.75. The van der Waals surface area contributed by atoms with Crippen molar-refractivity contribution in [3.8, 4) is 0 Å². The fourth-order valence-electron chi connectivity index (χ4n) is 2.53. The van der Waals surface area contributed by atoms with Gasteiger partial charge in [0.25, 0.3) is 0 Å². The van der Waals surface area contributed by atoms with Gasteiger partial charge in [0.1, 0.15) is 6.61 Å². The first kappa shape index (κ1) is 15.4. The molecule has 0 aliphatic rings. The Labute approximate surface area is 139 Å². The van der Waals surface area contributed by atoms with Crippen LogP contribution in [0.1, 0.15) is 12.5 Å². The standard InChI is InChI=1S/C18H17ClN2O2/c1-2-23-21-12-13(14-7-3-6-10-17(14)21)11-18(22)20-16-9-5-4-8-15(16)19/h3-10,12H,2,11H2,1H3,(H,20,22). The van der Waals surface area contributed by atoms with Crippen LogP contribution in [-0.2, 0) is 11.2 Å². The molecular weight excluding hydrogens is 312 g/mol. The minimum atomic E-state index is -0.113. The van der Waals surface area contributed by atoms with Crippen molar-refractivity contribution in [2.45, 2.75) is 13.3 Å². The lowest BCUT2D eigenvalue weighted by Gasteiger charge is -2.06. The van der Waals surface area contributed by atoms with Crippen molar-refractivity contribution < 1.29 is 9.63 Å². The quantitative estimate of drug-likeness (QED) is 0.771. The van der Waals surface area contributed by atoms with Gasteiger partial charge in [0.05, 0.1) is 22.6 Å². The molecule has 23 heavy (non-hydrogen) atoms. The number of nitrogens with one attached hydrogen (secondary N) is 1. The average molecular weight is 329 g/mol. The van der Waals surface area contributed by atoms with Crippen molar-refractivity contribution in [1.29, 1.82) is 0 Å². The highest BCUT2D eigenvalue weighted by atomic mass is 35.5. The number of hydrogen-bond acceptors (Lipinski definition) is 2. The Morgan fingerprint density at radius 3 is 2.70 bits per heavy atom. The summed E-state index contributed by atoms with van der Waals surface area (Å²) in [7, 11) is 0. The predicted molar refractivity (Wildman–Crippen MR) is 92.8 cm³/mol. The number of amides is 1. The van der Waals surface area contributed by atoms with Crippen LogP contribution in [-0.4, -0.2) is 17.2 Å². The minimum absolute atomic E-state index is 0.113. The second-order valence-electron chi connectivity index (χ2n) is 5.12. The first-order valence-electron chi connectivity index (χ1n) is 7.45. The van der Waals surface area contributed by atoms with E-state index in [1.54, 1.807) is 16.9 Å². The van der Waals surface area contributed by atoms with Crippen LogP contribution in [0.15, 0.2) is 54.7 Å². The molecule has 4 nitrogen and oxygen atoms in total. The molecule has 0 aliphatic carbocycles. The summed E-state index contributed by atoms with van der Waals surface area (Å²) in [5.41, 5.74) is 2.49. The molecule has 3 aromatic rings. The number of halogens is 1. The van der Waals surface area contributed by atoms with Crippen LogP contribution in [0.5, 0.6) is 0 Å². The third kappa shape index (κ3) is 3.32. The van der Waals surface area contributed by atoms with Gasteiger partial charge >= 0.3 is 0 Å². The lowest BCUT2D eigenvalue weighted by atomic mass is 10.1. The third-order valence-corrected chi connectivity index (χ3v) is 3.86. The molecule has 1 amide bonds. The topological polar surface area (TPSA) is 43.3 Å². The number of aromatic nitrogens is 1. The summed E-state index contributed by atoms with van der Waals surface area (Å²) in [6.45, 7) is 2.49. The van der Waals surface area contributed by atoms with E-state index in [9.17, 15) is 4.79 Å². The summed E-state index contributed by atoms with van der Waals surface area (Å²) in [6, 6.07) is 15.1. The first-order chi connectivity index (χ1) is 11.2. The summed E-state index contributed by atoms with van der Waals surface area (Å²) in [4.78, 5) is 17.9. The monoisotopic (exact) mass is 328 g/mol. The second-order valence-corrected chi connectivity index (χ2v) is 5.53. The Morgan fingerprint density at radius 2 is 1.91 bits per heavy atom. The number of fused-ring (bicyclic) bond motifs is 1. The Bertz CT molecular complexity index is 842. The van der Waals surface area contributed by atoms with Gasteiger partial charge in [-0.25, -0.2) is 0 Å². The zero-order valence-electron chi connectivity index (χ0n) is 12.8. The summed E-state index contributed by atoms with van der Waals surface area (Å²) in [5.74, 6) is -0.113. The van der Waals surface area contributed by atoms with Crippen LogP contribution in [0.2, 0.25) is 5.02 Å². The number of para-hydroxylation sites is 2. The predicted octanol–water partition coefficient (Wildman–Crippen LogP) is 3.92. The highest BCUT2D eigenvalue weighted by molar-refractivity contribution is 6.33. The van der Waals surface area contributed by atoms with E-state index >= 15 is 0 Å². The molecule has 0 saturated heterocycles. The van der Waals surface area contributed by atoms with E-state index in [0.29, 0.717) is 17.3 Å². The molecule has 5 heteroatoms. The summed E-state index contributed by atoms with van der Waals surface area (Å²) >= 11 is 6.07. The molecule has 0 aliphatic heterocycles. The molecule has 0 bridgehead atoms. The number of anilines is 1. The Kier molecular flexibility index (Phi) is 4.53. The maximum absolute atomic E-state index is 12.3. The van der Waals surface area contributed by atoms with Crippen molar-refractivity contribution in [3.63, 3.8) is 0 Å².